The zero-order valence-corrected chi connectivity index (χ0v) is 10.7. The van der Waals surface area contributed by atoms with E-state index in [0.29, 0.717) is 18.1 Å². The third-order valence-electron chi connectivity index (χ3n) is 2.69. The highest BCUT2D eigenvalue weighted by molar-refractivity contribution is 5.24. The van der Waals surface area contributed by atoms with Crippen LogP contribution in [0, 0.1) is 18.3 Å². The molecule has 0 spiro atoms. The Hall–Kier alpha value is -2.19. The number of aryl methyl sites for hydroxylation is 1. The third kappa shape index (κ3) is 3.90. The molecule has 0 aliphatic heterocycles. The van der Waals surface area contributed by atoms with Gasteiger partial charge in [-0.3, -0.25) is 0 Å². The molecule has 1 aromatic heterocycles. The van der Waals surface area contributed by atoms with Crippen molar-refractivity contribution in [3.05, 3.63) is 47.1 Å². The predicted octanol–water partition coefficient (Wildman–Crippen LogP) is 1.79. The number of hydrogen-bond donors (Lipinski definition) is 1. The van der Waals surface area contributed by atoms with E-state index < -0.39 is 6.10 Å². The quantitative estimate of drug-likeness (QED) is 0.882. The van der Waals surface area contributed by atoms with Crippen molar-refractivity contribution in [3.63, 3.8) is 0 Å². The van der Waals surface area contributed by atoms with Gasteiger partial charge in [0.15, 0.2) is 5.82 Å². The van der Waals surface area contributed by atoms with Crippen LogP contribution in [0.1, 0.15) is 29.3 Å². The summed E-state index contributed by atoms with van der Waals surface area (Å²) in [6.07, 6.45) is 0.126. The number of rotatable bonds is 5. The monoisotopic (exact) mass is 257 g/mol. The summed E-state index contributed by atoms with van der Waals surface area (Å²) >= 11 is 0. The van der Waals surface area contributed by atoms with Gasteiger partial charge in [0, 0.05) is 6.42 Å². The van der Waals surface area contributed by atoms with E-state index >= 15 is 0 Å². The van der Waals surface area contributed by atoms with Crippen LogP contribution in [-0.4, -0.2) is 21.4 Å². The summed E-state index contributed by atoms with van der Waals surface area (Å²) in [5, 5.41) is 21.8. The van der Waals surface area contributed by atoms with Gasteiger partial charge in [0.05, 0.1) is 25.0 Å². The lowest BCUT2D eigenvalue weighted by Gasteiger charge is -2.00. The van der Waals surface area contributed by atoms with Crippen LogP contribution in [0.15, 0.2) is 28.8 Å². The van der Waals surface area contributed by atoms with Crippen molar-refractivity contribution in [3.8, 4) is 6.07 Å². The standard InChI is InChI=1S/C14H15N3O2/c1-10-3-2-4-11(7-10)8-13-16-14(19-17-13)9-12(18)5-6-15/h2-4,7,12,18H,5,8-9H2,1H3. The minimum Gasteiger partial charge on any atom is -0.392 e. The smallest absolute Gasteiger partial charge is 0.229 e. The molecular weight excluding hydrogens is 242 g/mol. The first-order valence-corrected chi connectivity index (χ1v) is 6.09. The minimum absolute atomic E-state index is 0.0651. The lowest BCUT2D eigenvalue weighted by atomic mass is 10.1. The maximum absolute atomic E-state index is 9.49. The first-order chi connectivity index (χ1) is 9.17. The molecule has 5 heteroatoms. The number of nitrogens with zero attached hydrogens (tertiary/aromatic N) is 3. The Bertz CT molecular complexity index is 586. The van der Waals surface area contributed by atoms with E-state index in [1.54, 1.807) is 0 Å². The van der Waals surface area contributed by atoms with E-state index in [1.165, 1.54) is 5.56 Å². The molecule has 0 amide bonds. The summed E-state index contributed by atoms with van der Waals surface area (Å²) in [5.74, 6) is 0.954. The molecular formula is C14H15N3O2. The molecule has 5 nitrogen and oxygen atoms in total. The van der Waals surface area contributed by atoms with Crippen molar-refractivity contribution >= 4 is 0 Å². The van der Waals surface area contributed by atoms with Gasteiger partial charge in [-0.25, -0.2) is 0 Å². The normalized spacial score (nSPS) is 12.1. The van der Waals surface area contributed by atoms with Gasteiger partial charge < -0.3 is 9.63 Å². The van der Waals surface area contributed by atoms with E-state index in [0.717, 1.165) is 5.56 Å². The summed E-state index contributed by atoms with van der Waals surface area (Å²) in [5.41, 5.74) is 2.30. The first kappa shape index (κ1) is 13.2. The highest BCUT2D eigenvalue weighted by Crippen LogP contribution is 2.10. The van der Waals surface area contributed by atoms with E-state index in [1.807, 2.05) is 31.2 Å². The number of aromatic nitrogens is 2. The molecule has 1 N–H and O–H groups in total. The van der Waals surface area contributed by atoms with E-state index in [2.05, 4.69) is 16.2 Å². The van der Waals surface area contributed by atoms with Gasteiger partial charge in [-0.1, -0.05) is 35.0 Å². The van der Waals surface area contributed by atoms with Crippen molar-refractivity contribution in [2.24, 2.45) is 0 Å². The predicted molar refractivity (Wildman–Crippen MR) is 68.2 cm³/mol. The van der Waals surface area contributed by atoms with Gasteiger partial charge in [-0.15, -0.1) is 0 Å². The molecule has 2 rings (SSSR count). The Balaban J connectivity index is 1.99. The Labute approximate surface area is 111 Å². The summed E-state index contributed by atoms with van der Waals surface area (Å²) in [4.78, 5) is 4.21. The molecule has 0 bridgehead atoms. The fraction of sp³-hybridized carbons (Fsp3) is 0.357. The summed E-state index contributed by atoms with van der Waals surface area (Å²) in [7, 11) is 0. The lowest BCUT2D eigenvalue weighted by molar-refractivity contribution is 0.167. The summed E-state index contributed by atoms with van der Waals surface area (Å²) in [6, 6.07) is 10.00. The molecule has 0 aliphatic carbocycles. The lowest BCUT2D eigenvalue weighted by Crippen LogP contribution is -2.09. The number of nitriles is 1. The number of hydrogen-bond acceptors (Lipinski definition) is 5. The zero-order valence-electron chi connectivity index (χ0n) is 10.7. The maximum Gasteiger partial charge on any atom is 0.229 e. The average Bonchev–Trinajstić information content (AvgIpc) is 2.76. The largest absolute Gasteiger partial charge is 0.392 e. The van der Waals surface area contributed by atoms with Crippen LogP contribution in [0.5, 0.6) is 0 Å². The highest BCUT2D eigenvalue weighted by Gasteiger charge is 2.12. The van der Waals surface area contributed by atoms with Crippen molar-refractivity contribution in [1.82, 2.24) is 10.1 Å². The SMILES string of the molecule is Cc1cccc(Cc2noc(CC(O)CC#N)n2)c1. The highest BCUT2D eigenvalue weighted by atomic mass is 16.5. The second kappa shape index (κ2) is 6.12. The van der Waals surface area contributed by atoms with Crippen LogP contribution in [0.25, 0.3) is 0 Å². The molecule has 0 saturated heterocycles. The fourth-order valence-electron chi connectivity index (χ4n) is 1.83. The van der Waals surface area contributed by atoms with E-state index in [4.69, 9.17) is 9.78 Å². The van der Waals surface area contributed by atoms with Gasteiger partial charge in [-0.2, -0.15) is 10.2 Å². The molecule has 0 aliphatic rings. The topological polar surface area (TPSA) is 82.9 Å². The van der Waals surface area contributed by atoms with E-state index in [-0.39, 0.29) is 12.8 Å². The van der Waals surface area contributed by atoms with Gasteiger partial charge in [0.25, 0.3) is 0 Å². The maximum atomic E-state index is 9.49. The number of aliphatic hydroxyl groups excluding tert-OH is 1. The first-order valence-electron chi connectivity index (χ1n) is 6.09. The van der Waals surface area contributed by atoms with E-state index in [9.17, 15) is 5.11 Å². The minimum atomic E-state index is -0.753. The van der Waals surface area contributed by atoms with Crippen LogP contribution in [0.2, 0.25) is 0 Å². The molecule has 0 fully saturated rings. The third-order valence-corrected chi connectivity index (χ3v) is 2.69. The zero-order chi connectivity index (χ0) is 13.7. The van der Waals surface area contributed by atoms with Crippen molar-refractivity contribution in [1.29, 1.82) is 5.26 Å². The molecule has 1 aromatic carbocycles. The Morgan fingerprint density at radius 2 is 2.32 bits per heavy atom. The number of aliphatic hydroxyl groups is 1. The second-order valence-corrected chi connectivity index (χ2v) is 4.49. The van der Waals surface area contributed by atoms with Crippen LogP contribution >= 0.6 is 0 Å². The van der Waals surface area contributed by atoms with Gasteiger partial charge in [0.1, 0.15) is 0 Å². The molecule has 2 aromatic rings. The molecule has 1 unspecified atom stereocenters. The van der Waals surface area contributed by atoms with Gasteiger partial charge in [-0.05, 0) is 12.5 Å². The fourth-order valence-corrected chi connectivity index (χ4v) is 1.83. The molecule has 98 valence electrons. The van der Waals surface area contributed by atoms with Crippen molar-refractivity contribution in [2.45, 2.75) is 32.3 Å². The Kier molecular flexibility index (Phi) is 4.26. The Morgan fingerprint density at radius 1 is 1.47 bits per heavy atom. The molecule has 1 atom stereocenters. The van der Waals surface area contributed by atoms with Crippen molar-refractivity contribution < 1.29 is 9.63 Å². The van der Waals surface area contributed by atoms with Gasteiger partial charge in [0.2, 0.25) is 5.89 Å². The molecule has 0 saturated carbocycles. The molecule has 19 heavy (non-hydrogen) atoms. The van der Waals surface area contributed by atoms with Crippen LogP contribution < -0.4 is 0 Å². The Morgan fingerprint density at radius 3 is 3.05 bits per heavy atom. The average molecular weight is 257 g/mol. The summed E-state index contributed by atoms with van der Waals surface area (Å²) < 4.78 is 5.05. The van der Waals surface area contributed by atoms with Crippen LogP contribution in [-0.2, 0) is 12.8 Å². The summed E-state index contributed by atoms with van der Waals surface area (Å²) in [6.45, 7) is 2.03. The van der Waals surface area contributed by atoms with Crippen molar-refractivity contribution in [2.75, 3.05) is 0 Å². The molecule has 1 heterocycles. The van der Waals surface area contributed by atoms with Crippen LogP contribution in [0.3, 0.4) is 0 Å². The number of benzene rings is 1. The van der Waals surface area contributed by atoms with Crippen LogP contribution in [0.4, 0.5) is 0 Å². The molecule has 0 radical (unpaired) electrons. The second-order valence-electron chi connectivity index (χ2n) is 4.49. The van der Waals surface area contributed by atoms with Gasteiger partial charge >= 0.3 is 0 Å².